The van der Waals surface area contributed by atoms with Crippen molar-refractivity contribution in [1.82, 2.24) is 20.2 Å². The van der Waals surface area contributed by atoms with Crippen LogP contribution in [0.1, 0.15) is 5.56 Å². The molecule has 0 radical (unpaired) electrons. The Morgan fingerprint density at radius 1 is 1.07 bits per heavy atom. The van der Waals surface area contributed by atoms with E-state index in [1.54, 1.807) is 0 Å². The Morgan fingerprint density at radius 2 is 1.87 bits per heavy atom. The summed E-state index contributed by atoms with van der Waals surface area (Å²) in [5.74, 6) is -0.427. The SMILES string of the molecule is Fc1cc(-c2nc(Nc3cccc(C(F)(F)F)c3)sc2-c2nc[nH]n2)c(Cl)cc1Cl. The Bertz CT molecular complexity index is 1210. The highest BCUT2D eigenvalue weighted by Crippen LogP contribution is 2.42. The van der Waals surface area contributed by atoms with Gasteiger partial charge in [0.25, 0.3) is 0 Å². The molecule has 154 valence electrons. The maximum Gasteiger partial charge on any atom is 0.416 e. The third-order valence-electron chi connectivity index (χ3n) is 3.95. The lowest BCUT2D eigenvalue weighted by Crippen LogP contribution is -2.05. The van der Waals surface area contributed by atoms with E-state index < -0.39 is 17.6 Å². The van der Waals surface area contributed by atoms with Crippen molar-refractivity contribution in [2.24, 2.45) is 0 Å². The number of aromatic nitrogens is 4. The van der Waals surface area contributed by atoms with Gasteiger partial charge in [-0.1, -0.05) is 40.6 Å². The normalized spacial score (nSPS) is 11.7. The molecule has 0 bridgehead atoms. The van der Waals surface area contributed by atoms with E-state index in [4.69, 9.17) is 23.2 Å². The topological polar surface area (TPSA) is 66.5 Å². The van der Waals surface area contributed by atoms with Gasteiger partial charge in [0.1, 0.15) is 17.0 Å². The smallest absolute Gasteiger partial charge is 0.332 e. The minimum absolute atomic E-state index is 0.147. The number of nitrogens with zero attached hydrogens (tertiary/aromatic N) is 3. The molecule has 2 aromatic carbocycles. The number of thiazole rings is 1. The highest BCUT2D eigenvalue weighted by Gasteiger charge is 2.30. The molecule has 30 heavy (non-hydrogen) atoms. The van der Waals surface area contributed by atoms with Crippen molar-refractivity contribution in [1.29, 1.82) is 0 Å². The summed E-state index contributed by atoms with van der Waals surface area (Å²) in [7, 11) is 0. The fourth-order valence-corrected chi connectivity index (χ4v) is 4.04. The fraction of sp³-hybridized carbons (Fsp3) is 0.0556. The maximum atomic E-state index is 14.1. The third-order valence-corrected chi connectivity index (χ3v) is 5.52. The van der Waals surface area contributed by atoms with E-state index in [0.29, 0.717) is 4.88 Å². The number of benzene rings is 2. The minimum atomic E-state index is -4.48. The average Bonchev–Trinajstić information content (AvgIpc) is 3.34. The zero-order chi connectivity index (χ0) is 21.5. The standard InChI is InChI=1S/C18H9Cl2F4N5S/c19-11-6-12(20)13(21)5-10(11)14-15(16-25-7-26-29-16)30-17(28-14)27-9-3-1-2-8(4-9)18(22,23)24/h1-7H,(H,27,28)(H,25,26,29). The van der Waals surface area contributed by atoms with Gasteiger partial charge in [-0.25, -0.2) is 14.4 Å². The van der Waals surface area contributed by atoms with E-state index in [9.17, 15) is 17.6 Å². The van der Waals surface area contributed by atoms with Crippen molar-refractivity contribution in [2.45, 2.75) is 6.18 Å². The molecule has 2 aromatic heterocycles. The lowest BCUT2D eigenvalue weighted by Gasteiger charge is -2.09. The summed E-state index contributed by atoms with van der Waals surface area (Å²) >= 11 is 13.1. The van der Waals surface area contributed by atoms with E-state index >= 15 is 0 Å². The number of halogens is 6. The van der Waals surface area contributed by atoms with Gasteiger partial charge in [-0.15, -0.1) is 0 Å². The van der Waals surface area contributed by atoms with Crippen molar-refractivity contribution in [2.75, 3.05) is 5.32 Å². The van der Waals surface area contributed by atoms with Crippen LogP contribution >= 0.6 is 34.5 Å². The minimum Gasteiger partial charge on any atom is -0.332 e. The molecule has 0 unspecified atom stereocenters. The lowest BCUT2D eigenvalue weighted by atomic mass is 10.1. The summed E-state index contributed by atoms with van der Waals surface area (Å²) in [6, 6.07) is 7.05. The molecule has 4 rings (SSSR count). The van der Waals surface area contributed by atoms with Crippen molar-refractivity contribution >= 4 is 45.4 Å². The van der Waals surface area contributed by atoms with Crippen LogP contribution in [-0.2, 0) is 6.18 Å². The summed E-state index contributed by atoms with van der Waals surface area (Å²) in [5, 5.41) is 9.65. The third kappa shape index (κ3) is 4.11. The van der Waals surface area contributed by atoms with E-state index in [2.05, 4.69) is 25.5 Å². The molecule has 0 spiro atoms. The Balaban J connectivity index is 1.79. The van der Waals surface area contributed by atoms with Crippen LogP contribution in [0.5, 0.6) is 0 Å². The Kier molecular flexibility index (Phi) is 5.39. The van der Waals surface area contributed by atoms with Crippen LogP contribution in [-0.4, -0.2) is 20.2 Å². The Hall–Kier alpha value is -2.69. The van der Waals surface area contributed by atoms with Crippen LogP contribution < -0.4 is 5.32 Å². The van der Waals surface area contributed by atoms with Gasteiger partial charge in [0.2, 0.25) is 0 Å². The molecular weight excluding hydrogens is 465 g/mol. The quantitative estimate of drug-likeness (QED) is 0.252. The van der Waals surface area contributed by atoms with Crippen LogP contribution in [0.4, 0.5) is 28.4 Å². The molecule has 4 aromatic rings. The second kappa shape index (κ2) is 7.86. The lowest BCUT2D eigenvalue weighted by molar-refractivity contribution is -0.137. The highest BCUT2D eigenvalue weighted by molar-refractivity contribution is 7.19. The van der Waals surface area contributed by atoms with Gasteiger partial charge in [-0.2, -0.15) is 18.3 Å². The first-order chi connectivity index (χ1) is 14.2. The predicted molar refractivity (Wildman–Crippen MR) is 108 cm³/mol. The summed E-state index contributed by atoms with van der Waals surface area (Å²) in [4.78, 5) is 8.91. The van der Waals surface area contributed by atoms with Crippen molar-refractivity contribution < 1.29 is 17.6 Å². The van der Waals surface area contributed by atoms with Crippen molar-refractivity contribution in [3.63, 3.8) is 0 Å². The van der Waals surface area contributed by atoms with E-state index in [1.807, 2.05) is 0 Å². The van der Waals surface area contributed by atoms with Crippen LogP contribution in [0.3, 0.4) is 0 Å². The Labute approximate surface area is 180 Å². The van der Waals surface area contributed by atoms with Gasteiger partial charge in [0.05, 0.1) is 21.3 Å². The second-order valence-electron chi connectivity index (χ2n) is 5.97. The number of alkyl halides is 3. The molecule has 12 heteroatoms. The Morgan fingerprint density at radius 3 is 2.57 bits per heavy atom. The van der Waals surface area contributed by atoms with E-state index in [1.165, 1.54) is 24.5 Å². The van der Waals surface area contributed by atoms with E-state index in [-0.39, 0.29) is 37.9 Å². The van der Waals surface area contributed by atoms with Gasteiger partial charge >= 0.3 is 6.18 Å². The van der Waals surface area contributed by atoms with Crippen molar-refractivity contribution in [3.8, 4) is 22.0 Å². The number of H-pyrrole nitrogens is 1. The number of nitrogens with one attached hydrogen (secondary N) is 2. The summed E-state index contributed by atoms with van der Waals surface area (Å²) < 4.78 is 53.0. The van der Waals surface area contributed by atoms with Crippen LogP contribution in [0.2, 0.25) is 10.0 Å². The zero-order valence-electron chi connectivity index (χ0n) is 14.6. The first-order valence-corrected chi connectivity index (χ1v) is 9.76. The first-order valence-electron chi connectivity index (χ1n) is 8.18. The molecule has 0 aliphatic rings. The summed E-state index contributed by atoms with van der Waals surface area (Å²) in [5.41, 5.74) is -0.123. The van der Waals surface area contributed by atoms with Crippen LogP contribution in [0.25, 0.3) is 22.0 Å². The van der Waals surface area contributed by atoms with E-state index in [0.717, 1.165) is 29.5 Å². The number of hydrogen-bond acceptors (Lipinski definition) is 5. The predicted octanol–water partition coefficient (Wildman–Crippen LogP) is 6.80. The van der Waals surface area contributed by atoms with Gasteiger partial charge in [0.15, 0.2) is 11.0 Å². The second-order valence-corrected chi connectivity index (χ2v) is 7.78. The van der Waals surface area contributed by atoms with Gasteiger partial charge in [-0.3, -0.25) is 5.10 Å². The number of anilines is 2. The van der Waals surface area contributed by atoms with Gasteiger partial charge in [-0.05, 0) is 30.3 Å². The number of rotatable bonds is 4. The molecule has 0 atom stereocenters. The molecule has 0 aliphatic carbocycles. The van der Waals surface area contributed by atoms with Gasteiger partial charge in [0, 0.05) is 11.3 Å². The van der Waals surface area contributed by atoms with Gasteiger partial charge < -0.3 is 5.32 Å². The molecule has 0 amide bonds. The zero-order valence-corrected chi connectivity index (χ0v) is 16.9. The largest absolute Gasteiger partial charge is 0.416 e. The molecule has 0 saturated carbocycles. The molecule has 2 heterocycles. The summed E-state index contributed by atoms with van der Waals surface area (Å²) in [6.07, 6.45) is -3.13. The molecule has 5 nitrogen and oxygen atoms in total. The number of hydrogen-bond donors (Lipinski definition) is 2. The number of aromatic amines is 1. The van der Waals surface area contributed by atoms with Crippen LogP contribution in [0.15, 0.2) is 42.7 Å². The molecule has 0 saturated heterocycles. The molecule has 0 fully saturated rings. The fourth-order valence-electron chi connectivity index (χ4n) is 2.63. The molecule has 0 aliphatic heterocycles. The first kappa shape index (κ1) is 20.6. The molecule has 2 N–H and O–H groups in total. The van der Waals surface area contributed by atoms with Crippen LogP contribution in [0, 0.1) is 5.82 Å². The maximum absolute atomic E-state index is 14.1. The summed E-state index contributed by atoms with van der Waals surface area (Å²) in [6.45, 7) is 0. The monoisotopic (exact) mass is 473 g/mol. The highest BCUT2D eigenvalue weighted by atomic mass is 35.5. The average molecular weight is 474 g/mol. The molecular formula is C18H9Cl2F4N5S. The van der Waals surface area contributed by atoms with Crippen molar-refractivity contribution in [3.05, 3.63) is 64.2 Å².